The molecule has 5 nitrogen and oxygen atoms in total. The molecule has 118 valence electrons. The van der Waals surface area contributed by atoms with E-state index in [0.717, 1.165) is 37.9 Å². The molecule has 0 aliphatic carbocycles. The average molecular weight is 311 g/mol. The summed E-state index contributed by atoms with van der Waals surface area (Å²) >= 11 is 0. The fourth-order valence-electron chi connectivity index (χ4n) is 2.79. The normalized spacial score (nSPS) is 20.9. The molecule has 1 atom stereocenters. The number of nitrogens with zero attached hydrogens (tertiary/aromatic N) is 2. The number of hydrogen-bond acceptors (Lipinski definition) is 4. The summed E-state index contributed by atoms with van der Waals surface area (Å²) in [4.78, 5) is 2.55. The van der Waals surface area contributed by atoms with Gasteiger partial charge < -0.3 is 10.6 Å². The Labute approximate surface area is 127 Å². The number of rotatable bonds is 5. The predicted molar refractivity (Wildman–Crippen MR) is 84.7 cm³/mol. The van der Waals surface area contributed by atoms with E-state index in [4.69, 9.17) is 5.73 Å². The fraction of sp³-hybridized carbons (Fsp3) is 0.600. The molecule has 0 bridgehead atoms. The third-order valence-corrected chi connectivity index (χ3v) is 6.07. The largest absolute Gasteiger partial charge is 0.330 e. The lowest BCUT2D eigenvalue weighted by atomic mass is 10.1. The van der Waals surface area contributed by atoms with Gasteiger partial charge in [-0.05, 0) is 57.1 Å². The van der Waals surface area contributed by atoms with Gasteiger partial charge in [-0.1, -0.05) is 12.1 Å². The quantitative estimate of drug-likeness (QED) is 0.877. The molecule has 0 radical (unpaired) electrons. The van der Waals surface area contributed by atoms with Crippen LogP contribution in [0, 0.1) is 0 Å². The molecule has 1 heterocycles. The lowest BCUT2D eigenvalue weighted by Gasteiger charge is -2.35. The number of likely N-dealkylation sites (tertiary alicyclic amines) is 1. The van der Waals surface area contributed by atoms with E-state index in [2.05, 4.69) is 4.90 Å². The van der Waals surface area contributed by atoms with Gasteiger partial charge in [-0.2, -0.15) is 4.31 Å². The van der Waals surface area contributed by atoms with Crippen molar-refractivity contribution >= 4 is 10.0 Å². The van der Waals surface area contributed by atoms with Crippen molar-refractivity contribution in [3.8, 4) is 0 Å². The van der Waals surface area contributed by atoms with Gasteiger partial charge >= 0.3 is 0 Å². The molecule has 0 saturated carbocycles. The minimum Gasteiger partial charge on any atom is -0.330 e. The molecule has 1 unspecified atom stereocenters. The van der Waals surface area contributed by atoms with Gasteiger partial charge in [0, 0.05) is 19.6 Å². The summed E-state index contributed by atoms with van der Waals surface area (Å²) in [6.45, 7) is 2.40. The van der Waals surface area contributed by atoms with Crippen LogP contribution in [-0.4, -0.2) is 57.4 Å². The lowest BCUT2D eigenvalue weighted by Crippen LogP contribution is -2.47. The molecule has 1 aliphatic heterocycles. The second kappa shape index (κ2) is 6.87. The molecule has 0 amide bonds. The molecule has 2 N–H and O–H groups in total. The van der Waals surface area contributed by atoms with Gasteiger partial charge in [-0.25, -0.2) is 8.42 Å². The molecule has 1 aromatic rings. The van der Waals surface area contributed by atoms with Gasteiger partial charge in [0.05, 0.1) is 4.90 Å². The molecule has 6 heteroatoms. The number of hydrogen-bond donors (Lipinski definition) is 1. The highest BCUT2D eigenvalue weighted by atomic mass is 32.2. The van der Waals surface area contributed by atoms with Gasteiger partial charge in [0.25, 0.3) is 0 Å². The maximum atomic E-state index is 12.7. The van der Waals surface area contributed by atoms with E-state index >= 15 is 0 Å². The summed E-state index contributed by atoms with van der Waals surface area (Å²) < 4.78 is 26.9. The van der Waals surface area contributed by atoms with E-state index in [1.165, 1.54) is 4.31 Å². The van der Waals surface area contributed by atoms with Crippen molar-refractivity contribution in [1.29, 1.82) is 0 Å². The second-order valence-electron chi connectivity index (χ2n) is 5.76. The molecule has 0 spiro atoms. The van der Waals surface area contributed by atoms with Crippen LogP contribution in [-0.2, 0) is 16.4 Å². The van der Waals surface area contributed by atoms with Crippen molar-refractivity contribution in [2.45, 2.75) is 30.2 Å². The van der Waals surface area contributed by atoms with Crippen LogP contribution in [0.1, 0.15) is 18.4 Å². The molecule has 1 aromatic carbocycles. The minimum atomic E-state index is -3.42. The Morgan fingerprint density at radius 1 is 1.33 bits per heavy atom. The van der Waals surface area contributed by atoms with E-state index in [1.54, 1.807) is 19.2 Å². The Bertz CT molecular complexity index is 557. The Morgan fingerprint density at radius 2 is 2.00 bits per heavy atom. The van der Waals surface area contributed by atoms with Gasteiger partial charge in [0.15, 0.2) is 0 Å². The van der Waals surface area contributed by atoms with Crippen LogP contribution in [0.4, 0.5) is 0 Å². The Morgan fingerprint density at radius 3 is 2.57 bits per heavy atom. The summed E-state index contributed by atoms with van der Waals surface area (Å²) in [6.07, 6.45) is 2.73. The van der Waals surface area contributed by atoms with Crippen LogP contribution in [0.25, 0.3) is 0 Å². The molecule has 21 heavy (non-hydrogen) atoms. The van der Waals surface area contributed by atoms with Crippen LogP contribution >= 0.6 is 0 Å². The number of piperidine rings is 1. The van der Waals surface area contributed by atoms with E-state index in [-0.39, 0.29) is 6.04 Å². The van der Waals surface area contributed by atoms with Crippen LogP contribution in [0.5, 0.6) is 0 Å². The molecular formula is C15H25N3O2S. The van der Waals surface area contributed by atoms with Crippen molar-refractivity contribution < 1.29 is 8.42 Å². The molecule has 0 aromatic heterocycles. The highest BCUT2D eigenvalue weighted by Gasteiger charge is 2.30. The van der Waals surface area contributed by atoms with E-state index in [9.17, 15) is 8.42 Å². The van der Waals surface area contributed by atoms with Crippen LogP contribution < -0.4 is 5.73 Å². The van der Waals surface area contributed by atoms with Crippen LogP contribution in [0.2, 0.25) is 0 Å². The second-order valence-corrected chi connectivity index (χ2v) is 7.76. The minimum absolute atomic E-state index is 0.0532. The van der Waals surface area contributed by atoms with Gasteiger partial charge in [0.1, 0.15) is 0 Å². The number of benzene rings is 1. The highest BCUT2D eigenvalue weighted by Crippen LogP contribution is 2.22. The molecule has 1 saturated heterocycles. The Kier molecular flexibility index (Phi) is 5.37. The Balaban J connectivity index is 2.16. The SMILES string of the molecule is CN1CCCC(N(C)S(=O)(=O)c2ccc(CCN)cc2)C1. The highest BCUT2D eigenvalue weighted by molar-refractivity contribution is 7.89. The van der Waals surface area contributed by atoms with Gasteiger partial charge in [-0.15, -0.1) is 0 Å². The molecule has 2 rings (SSSR count). The maximum Gasteiger partial charge on any atom is 0.243 e. The number of likely N-dealkylation sites (N-methyl/N-ethyl adjacent to an activating group) is 2. The zero-order chi connectivity index (χ0) is 15.5. The summed E-state index contributed by atoms with van der Waals surface area (Å²) in [7, 11) is 0.305. The van der Waals surface area contributed by atoms with Gasteiger partial charge in [-0.3, -0.25) is 0 Å². The topological polar surface area (TPSA) is 66.6 Å². The summed E-state index contributed by atoms with van der Waals surface area (Å²) in [5, 5.41) is 0. The van der Waals surface area contributed by atoms with E-state index in [0.29, 0.717) is 11.4 Å². The van der Waals surface area contributed by atoms with Crippen LogP contribution in [0.15, 0.2) is 29.2 Å². The predicted octanol–water partition coefficient (Wildman–Crippen LogP) is 0.903. The number of nitrogens with two attached hydrogens (primary N) is 1. The van der Waals surface area contributed by atoms with Crippen molar-refractivity contribution in [3.63, 3.8) is 0 Å². The summed E-state index contributed by atoms with van der Waals surface area (Å²) in [5.41, 5.74) is 6.58. The van der Waals surface area contributed by atoms with E-state index in [1.807, 2.05) is 19.2 Å². The van der Waals surface area contributed by atoms with Crippen molar-refractivity contribution in [2.75, 3.05) is 33.7 Å². The first-order chi connectivity index (χ1) is 9.95. The average Bonchev–Trinajstić information content (AvgIpc) is 2.47. The van der Waals surface area contributed by atoms with E-state index < -0.39 is 10.0 Å². The summed E-state index contributed by atoms with van der Waals surface area (Å²) in [6, 6.07) is 7.12. The molecule has 1 fully saturated rings. The Hall–Kier alpha value is -0.950. The molecular weight excluding hydrogens is 286 g/mol. The van der Waals surface area contributed by atoms with Crippen LogP contribution in [0.3, 0.4) is 0 Å². The smallest absolute Gasteiger partial charge is 0.243 e. The third kappa shape index (κ3) is 3.83. The first-order valence-electron chi connectivity index (χ1n) is 7.40. The van der Waals surface area contributed by atoms with Crippen molar-refractivity contribution in [1.82, 2.24) is 9.21 Å². The third-order valence-electron chi connectivity index (χ3n) is 4.15. The zero-order valence-corrected chi connectivity index (χ0v) is 13.6. The summed E-state index contributed by atoms with van der Waals surface area (Å²) in [5.74, 6) is 0. The van der Waals surface area contributed by atoms with Crippen molar-refractivity contribution in [3.05, 3.63) is 29.8 Å². The first-order valence-corrected chi connectivity index (χ1v) is 8.84. The lowest BCUT2D eigenvalue weighted by molar-refractivity contribution is 0.187. The van der Waals surface area contributed by atoms with Crippen molar-refractivity contribution in [2.24, 2.45) is 5.73 Å². The number of sulfonamides is 1. The fourth-order valence-corrected chi connectivity index (χ4v) is 4.17. The first kappa shape index (κ1) is 16.4. The molecule has 1 aliphatic rings. The maximum absolute atomic E-state index is 12.7. The zero-order valence-electron chi connectivity index (χ0n) is 12.8. The van der Waals surface area contributed by atoms with Gasteiger partial charge in [0.2, 0.25) is 10.0 Å². The monoisotopic (exact) mass is 311 g/mol. The standard InChI is InChI=1S/C15H25N3O2S/c1-17-11-3-4-14(12-17)18(2)21(19,20)15-7-5-13(6-8-15)9-10-16/h5-8,14H,3-4,9-12,16H2,1-2H3.